The maximum atomic E-state index is 13.6. The smallest absolute Gasteiger partial charge is 0.338 e. The van der Waals surface area contributed by atoms with Crippen molar-refractivity contribution in [3.8, 4) is 0 Å². The lowest BCUT2D eigenvalue weighted by Crippen LogP contribution is -2.39. The molecule has 0 saturated heterocycles. The minimum atomic E-state index is -0.595. The molecule has 33 heavy (non-hydrogen) atoms. The van der Waals surface area contributed by atoms with E-state index in [-0.39, 0.29) is 12.2 Å². The Balaban J connectivity index is 1.91. The highest BCUT2D eigenvalue weighted by Crippen LogP contribution is 2.31. The number of carbonyl (C=O) groups excluding carboxylic acids is 1. The number of carbonyl (C=O) groups is 1. The highest BCUT2D eigenvalue weighted by atomic mass is 32.1. The summed E-state index contributed by atoms with van der Waals surface area (Å²) in [5, 5.41) is 4.28. The Kier molecular flexibility index (Phi) is 6.47. The van der Waals surface area contributed by atoms with E-state index < -0.39 is 12.0 Å². The molecule has 1 aliphatic rings. The Morgan fingerprint density at radius 1 is 1.24 bits per heavy atom. The van der Waals surface area contributed by atoms with Crippen LogP contribution in [0, 0.1) is 0 Å². The molecule has 1 atom stereocenters. The van der Waals surface area contributed by atoms with Gasteiger partial charge in [0.15, 0.2) is 4.80 Å². The zero-order valence-electron chi connectivity index (χ0n) is 19.5. The Morgan fingerprint density at radius 3 is 2.58 bits per heavy atom. The molecule has 0 fully saturated rings. The van der Waals surface area contributed by atoms with Crippen LogP contribution in [-0.4, -0.2) is 26.9 Å². The number of benzene rings is 1. The SMILES string of the molecule is CCOC(=O)C1=C(C)N=c2sc(=Cc3cnn(CC)c3)c(=O)n2C1c1ccc(C(C)C)cc1. The first kappa shape index (κ1) is 22.9. The number of aryl methyl sites for hydroxylation is 1. The van der Waals surface area contributed by atoms with Crippen molar-refractivity contribution in [2.24, 2.45) is 4.99 Å². The van der Waals surface area contributed by atoms with Crippen molar-refractivity contribution in [3.63, 3.8) is 0 Å². The summed E-state index contributed by atoms with van der Waals surface area (Å²) in [4.78, 5) is 31.7. The lowest BCUT2D eigenvalue weighted by atomic mass is 9.93. The van der Waals surface area contributed by atoms with E-state index in [2.05, 4.69) is 23.9 Å². The fourth-order valence-electron chi connectivity index (χ4n) is 3.95. The van der Waals surface area contributed by atoms with Crippen LogP contribution in [0.2, 0.25) is 0 Å². The van der Waals surface area contributed by atoms with Gasteiger partial charge in [0.25, 0.3) is 5.56 Å². The van der Waals surface area contributed by atoms with Gasteiger partial charge < -0.3 is 4.74 Å². The highest BCUT2D eigenvalue weighted by Gasteiger charge is 2.33. The molecule has 8 heteroatoms. The molecule has 172 valence electrons. The predicted molar refractivity (Wildman–Crippen MR) is 129 cm³/mol. The fourth-order valence-corrected chi connectivity index (χ4v) is 5.00. The van der Waals surface area contributed by atoms with E-state index in [0.717, 1.165) is 17.7 Å². The normalized spacial score (nSPS) is 16.2. The molecule has 0 bridgehead atoms. The van der Waals surface area contributed by atoms with E-state index in [4.69, 9.17) is 4.74 Å². The number of rotatable bonds is 6. The first-order valence-electron chi connectivity index (χ1n) is 11.2. The van der Waals surface area contributed by atoms with Gasteiger partial charge in [-0.2, -0.15) is 5.10 Å². The molecule has 0 saturated carbocycles. The molecular weight excluding hydrogens is 436 g/mol. The van der Waals surface area contributed by atoms with Crippen LogP contribution >= 0.6 is 11.3 Å². The van der Waals surface area contributed by atoms with Gasteiger partial charge in [-0.15, -0.1) is 0 Å². The summed E-state index contributed by atoms with van der Waals surface area (Å²) >= 11 is 1.32. The van der Waals surface area contributed by atoms with Crippen LogP contribution in [-0.2, 0) is 16.1 Å². The number of ether oxygens (including phenoxy) is 1. The second-order valence-corrected chi connectivity index (χ2v) is 9.26. The summed E-state index contributed by atoms with van der Waals surface area (Å²) in [6.45, 7) is 10.8. The van der Waals surface area contributed by atoms with Crippen molar-refractivity contribution in [1.29, 1.82) is 0 Å². The van der Waals surface area contributed by atoms with Crippen molar-refractivity contribution in [1.82, 2.24) is 14.3 Å². The number of allylic oxidation sites excluding steroid dienone is 1. The number of aromatic nitrogens is 3. The van der Waals surface area contributed by atoms with Crippen LogP contribution in [0.5, 0.6) is 0 Å². The summed E-state index contributed by atoms with van der Waals surface area (Å²) in [5.74, 6) is -0.0675. The molecule has 1 aromatic carbocycles. The molecule has 3 heterocycles. The third-order valence-electron chi connectivity index (χ3n) is 5.71. The number of thiazole rings is 1. The lowest BCUT2D eigenvalue weighted by molar-refractivity contribution is -0.139. The summed E-state index contributed by atoms with van der Waals surface area (Å²) in [7, 11) is 0. The summed E-state index contributed by atoms with van der Waals surface area (Å²) in [5.41, 5.74) is 3.67. The Bertz CT molecular complexity index is 1390. The van der Waals surface area contributed by atoms with Gasteiger partial charge in [0.05, 0.1) is 34.6 Å². The minimum Gasteiger partial charge on any atom is -0.463 e. The van der Waals surface area contributed by atoms with Gasteiger partial charge in [0.2, 0.25) is 0 Å². The molecule has 0 spiro atoms. The second kappa shape index (κ2) is 9.31. The van der Waals surface area contributed by atoms with E-state index in [9.17, 15) is 9.59 Å². The van der Waals surface area contributed by atoms with Gasteiger partial charge in [-0.1, -0.05) is 49.4 Å². The number of hydrogen-bond donors (Lipinski definition) is 0. The Labute approximate surface area is 196 Å². The largest absolute Gasteiger partial charge is 0.463 e. The molecule has 0 radical (unpaired) electrons. The van der Waals surface area contributed by atoms with Crippen molar-refractivity contribution in [3.05, 3.63) is 84.3 Å². The minimum absolute atomic E-state index is 0.185. The highest BCUT2D eigenvalue weighted by molar-refractivity contribution is 7.07. The van der Waals surface area contributed by atoms with Gasteiger partial charge >= 0.3 is 5.97 Å². The molecule has 1 unspecified atom stereocenters. The summed E-state index contributed by atoms with van der Waals surface area (Å²) in [6.07, 6.45) is 5.46. The third-order valence-corrected chi connectivity index (χ3v) is 6.69. The van der Waals surface area contributed by atoms with Gasteiger partial charge in [-0.3, -0.25) is 14.0 Å². The third kappa shape index (κ3) is 4.35. The van der Waals surface area contributed by atoms with Crippen molar-refractivity contribution < 1.29 is 9.53 Å². The lowest BCUT2D eigenvalue weighted by Gasteiger charge is -2.25. The zero-order valence-corrected chi connectivity index (χ0v) is 20.3. The molecule has 0 N–H and O–H groups in total. The number of hydrogen-bond acceptors (Lipinski definition) is 6. The molecule has 4 rings (SSSR count). The van der Waals surface area contributed by atoms with Gasteiger partial charge in [-0.05, 0) is 43.9 Å². The number of nitrogens with zero attached hydrogens (tertiary/aromatic N) is 4. The van der Waals surface area contributed by atoms with E-state index in [1.54, 1.807) is 24.6 Å². The maximum Gasteiger partial charge on any atom is 0.338 e. The Hall–Kier alpha value is -3.26. The maximum absolute atomic E-state index is 13.6. The van der Waals surface area contributed by atoms with Crippen LogP contribution in [0.15, 0.2) is 57.7 Å². The van der Waals surface area contributed by atoms with Gasteiger partial charge in [0.1, 0.15) is 0 Å². The van der Waals surface area contributed by atoms with Crippen LogP contribution < -0.4 is 14.9 Å². The monoisotopic (exact) mass is 464 g/mol. The number of esters is 1. The average Bonchev–Trinajstić information content (AvgIpc) is 3.37. The quantitative estimate of drug-likeness (QED) is 0.525. The molecule has 3 aromatic rings. The second-order valence-electron chi connectivity index (χ2n) is 8.25. The van der Waals surface area contributed by atoms with Gasteiger partial charge in [-0.25, -0.2) is 9.79 Å². The molecule has 7 nitrogen and oxygen atoms in total. The van der Waals surface area contributed by atoms with Crippen molar-refractivity contribution >= 4 is 23.4 Å². The average molecular weight is 465 g/mol. The van der Waals surface area contributed by atoms with Crippen LogP contribution in [0.25, 0.3) is 6.08 Å². The van der Waals surface area contributed by atoms with E-state index in [1.807, 2.05) is 48.1 Å². The van der Waals surface area contributed by atoms with Crippen LogP contribution in [0.4, 0.5) is 0 Å². The van der Waals surface area contributed by atoms with E-state index >= 15 is 0 Å². The first-order chi connectivity index (χ1) is 15.8. The van der Waals surface area contributed by atoms with Gasteiger partial charge in [0, 0.05) is 18.3 Å². The van der Waals surface area contributed by atoms with E-state index in [1.165, 1.54) is 16.9 Å². The molecule has 2 aromatic heterocycles. The molecule has 0 aliphatic carbocycles. The standard InChI is InChI=1S/C25H28N4O3S/c1-6-28-14-17(13-26-28)12-20-23(30)29-22(19-10-8-18(9-11-19)15(3)4)21(24(31)32-7-2)16(5)27-25(29)33-20/h8-15,22H,6-7H2,1-5H3. The van der Waals surface area contributed by atoms with Crippen LogP contribution in [0.1, 0.15) is 63.3 Å². The topological polar surface area (TPSA) is 78.5 Å². The number of fused-ring (bicyclic) bond motifs is 1. The molecular formula is C25H28N4O3S. The summed E-state index contributed by atoms with van der Waals surface area (Å²) < 4.78 is 9.32. The van der Waals surface area contributed by atoms with Crippen LogP contribution in [0.3, 0.4) is 0 Å². The zero-order chi connectivity index (χ0) is 23.7. The predicted octanol–water partition coefficient (Wildman–Crippen LogP) is 3.14. The first-order valence-corrected chi connectivity index (χ1v) is 12.0. The Morgan fingerprint density at radius 2 is 1.97 bits per heavy atom. The van der Waals surface area contributed by atoms with Crippen molar-refractivity contribution in [2.45, 2.75) is 53.1 Å². The molecule has 1 aliphatic heterocycles. The van der Waals surface area contributed by atoms with E-state index in [0.29, 0.717) is 26.5 Å². The summed E-state index contributed by atoms with van der Waals surface area (Å²) in [6, 6.07) is 7.48. The molecule has 0 amide bonds. The van der Waals surface area contributed by atoms with Crippen molar-refractivity contribution in [2.75, 3.05) is 6.61 Å². The fraction of sp³-hybridized carbons (Fsp3) is 0.360.